The topological polar surface area (TPSA) is 88.2 Å². The molecule has 0 atom stereocenters. The van der Waals surface area contributed by atoms with Gasteiger partial charge < -0.3 is 24.6 Å². The molecule has 0 bridgehead atoms. The van der Waals surface area contributed by atoms with Gasteiger partial charge in [-0.15, -0.1) is 0 Å². The summed E-state index contributed by atoms with van der Waals surface area (Å²) in [4.78, 5) is 42.1. The summed E-state index contributed by atoms with van der Waals surface area (Å²) in [5.74, 6) is 0.493. The van der Waals surface area contributed by atoms with Crippen LogP contribution in [0.4, 0.5) is 5.69 Å². The molecule has 1 N–H and O–H groups in total. The number of carbonyl (C=O) groups excluding carboxylic acids is 3. The van der Waals surface area contributed by atoms with Crippen molar-refractivity contribution >= 4 is 23.4 Å². The second kappa shape index (κ2) is 25.5. The van der Waals surface area contributed by atoms with Crippen LogP contribution in [0.1, 0.15) is 137 Å². The summed E-state index contributed by atoms with van der Waals surface area (Å²) < 4.78 is 11.9. The number of hydrogen-bond donors (Lipinski definition) is 1. The van der Waals surface area contributed by atoms with Crippen LogP contribution < -0.4 is 14.8 Å². The van der Waals surface area contributed by atoms with E-state index in [1.807, 2.05) is 9.80 Å². The van der Waals surface area contributed by atoms with Crippen LogP contribution >= 0.6 is 0 Å². The van der Waals surface area contributed by atoms with Crippen molar-refractivity contribution in [1.29, 1.82) is 0 Å². The summed E-state index contributed by atoms with van der Waals surface area (Å²) in [7, 11) is 0. The van der Waals surface area contributed by atoms with Crippen LogP contribution in [-0.4, -0.2) is 66.9 Å². The number of nitrogens with zero attached hydrogens (tertiary/aromatic N) is 2. The van der Waals surface area contributed by atoms with Gasteiger partial charge in [0.2, 0.25) is 5.91 Å². The number of unbranched alkanes of at least 4 members (excludes halogenated alkanes) is 12. The van der Waals surface area contributed by atoms with Crippen LogP contribution in [0, 0.1) is 0 Å². The molecule has 0 spiro atoms. The molecular weight excluding hydrogens is 554 g/mol. The zero-order chi connectivity index (χ0) is 32.4. The fourth-order valence-electron chi connectivity index (χ4n) is 5.11. The SMILES string of the molecule is CCCCCCN(CCCCCC)C(=O)COc1ccc(NC(C)=O)c(OCC(=O)N(CCCCCC)CCCCCC)c1. The van der Waals surface area contributed by atoms with Crippen LogP contribution in [-0.2, 0) is 14.4 Å². The molecule has 0 saturated heterocycles. The summed E-state index contributed by atoms with van der Waals surface area (Å²) in [5.41, 5.74) is 0.467. The lowest BCUT2D eigenvalue weighted by molar-refractivity contribution is -0.134. The lowest BCUT2D eigenvalue weighted by Gasteiger charge is -2.24. The van der Waals surface area contributed by atoms with Gasteiger partial charge in [-0.2, -0.15) is 0 Å². The molecule has 0 aliphatic heterocycles. The first-order valence-corrected chi connectivity index (χ1v) is 17.6. The first-order valence-electron chi connectivity index (χ1n) is 17.6. The van der Waals surface area contributed by atoms with Gasteiger partial charge in [0.25, 0.3) is 11.8 Å². The Hall–Kier alpha value is -2.77. The van der Waals surface area contributed by atoms with E-state index in [0.29, 0.717) is 17.2 Å². The fraction of sp³-hybridized carbons (Fsp3) is 0.750. The highest BCUT2D eigenvalue weighted by molar-refractivity contribution is 5.90. The van der Waals surface area contributed by atoms with Gasteiger partial charge in [-0.25, -0.2) is 0 Å². The van der Waals surface area contributed by atoms with Crippen molar-refractivity contribution in [1.82, 2.24) is 9.80 Å². The quantitative estimate of drug-likeness (QED) is 0.100. The monoisotopic (exact) mass is 617 g/mol. The van der Waals surface area contributed by atoms with Gasteiger partial charge in [-0.1, -0.05) is 105 Å². The second-order valence-electron chi connectivity index (χ2n) is 11.9. The lowest BCUT2D eigenvalue weighted by Crippen LogP contribution is -2.36. The van der Waals surface area contributed by atoms with Crippen molar-refractivity contribution in [2.75, 3.05) is 44.7 Å². The molecule has 0 radical (unpaired) electrons. The maximum absolute atomic E-state index is 13.2. The molecule has 0 aliphatic rings. The maximum atomic E-state index is 13.2. The lowest BCUT2D eigenvalue weighted by atomic mass is 10.1. The molecule has 0 saturated carbocycles. The number of hydrogen-bond acceptors (Lipinski definition) is 5. The Balaban J connectivity index is 2.90. The Morgan fingerprint density at radius 2 is 1.00 bits per heavy atom. The van der Waals surface area contributed by atoms with Crippen LogP contribution in [0.15, 0.2) is 18.2 Å². The molecule has 1 rings (SSSR count). The van der Waals surface area contributed by atoms with Gasteiger partial charge in [-0.3, -0.25) is 14.4 Å². The van der Waals surface area contributed by atoms with Gasteiger partial charge in [0, 0.05) is 39.2 Å². The first kappa shape index (κ1) is 39.3. The third kappa shape index (κ3) is 18.1. The predicted octanol–water partition coefficient (Wildman–Crippen LogP) is 8.38. The zero-order valence-corrected chi connectivity index (χ0v) is 28.7. The van der Waals surface area contributed by atoms with E-state index in [9.17, 15) is 14.4 Å². The van der Waals surface area contributed by atoms with Crippen molar-refractivity contribution in [3.63, 3.8) is 0 Å². The standard InChI is InChI=1S/C36H63N3O5/c1-6-10-14-18-24-38(25-19-15-11-7-2)35(41)29-43-32-22-23-33(37-31(5)40)34(28-32)44-30-36(42)39(26-20-16-12-8-3)27-21-17-13-9-4/h22-23,28H,6-21,24-27,29-30H2,1-5H3,(H,37,40). The minimum Gasteiger partial charge on any atom is -0.484 e. The molecule has 3 amide bonds. The van der Waals surface area contributed by atoms with E-state index in [1.165, 1.54) is 32.6 Å². The van der Waals surface area contributed by atoms with E-state index >= 15 is 0 Å². The third-order valence-corrected chi connectivity index (χ3v) is 7.81. The van der Waals surface area contributed by atoms with Gasteiger partial charge in [0.15, 0.2) is 13.2 Å². The smallest absolute Gasteiger partial charge is 0.260 e. The van der Waals surface area contributed by atoms with Crippen molar-refractivity contribution in [3.8, 4) is 11.5 Å². The number of benzene rings is 1. The number of rotatable bonds is 27. The van der Waals surface area contributed by atoms with Crippen LogP contribution in [0.5, 0.6) is 11.5 Å². The highest BCUT2D eigenvalue weighted by Crippen LogP contribution is 2.30. The summed E-state index contributed by atoms with van der Waals surface area (Å²) in [6.07, 6.45) is 17.7. The number of nitrogens with one attached hydrogen (secondary N) is 1. The molecule has 0 fully saturated rings. The Bertz CT molecular complexity index is 899. The van der Waals surface area contributed by atoms with Crippen molar-refractivity contribution in [3.05, 3.63) is 18.2 Å². The highest BCUT2D eigenvalue weighted by atomic mass is 16.5. The third-order valence-electron chi connectivity index (χ3n) is 7.81. The molecule has 0 aromatic heterocycles. The number of carbonyl (C=O) groups is 3. The Morgan fingerprint density at radius 3 is 1.39 bits per heavy atom. The minimum absolute atomic E-state index is 0.0247. The predicted molar refractivity (Wildman–Crippen MR) is 181 cm³/mol. The molecule has 1 aromatic carbocycles. The first-order chi connectivity index (χ1) is 21.4. The average Bonchev–Trinajstić information content (AvgIpc) is 3.01. The van der Waals surface area contributed by atoms with E-state index in [0.717, 1.165) is 103 Å². The van der Waals surface area contributed by atoms with Gasteiger partial charge in [0.05, 0.1) is 5.69 Å². The maximum Gasteiger partial charge on any atom is 0.260 e. The fourth-order valence-corrected chi connectivity index (χ4v) is 5.11. The second-order valence-corrected chi connectivity index (χ2v) is 11.9. The van der Waals surface area contributed by atoms with E-state index in [2.05, 4.69) is 33.0 Å². The van der Waals surface area contributed by atoms with Crippen molar-refractivity contribution in [2.24, 2.45) is 0 Å². The summed E-state index contributed by atoms with van der Waals surface area (Å²) in [6.45, 7) is 12.9. The largest absolute Gasteiger partial charge is 0.484 e. The molecule has 0 heterocycles. The number of ether oxygens (including phenoxy) is 2. The molecular formula is C36H63N3O5. The Labute approximate surface area is 268 Å². The Kier molecular flexibility index (Phi) is 22.8. The van der Waals surface area contributed by atoms with Crippen molar-refractivity contribution in [2.45, 2.75) is 137 Å². The summed E-state index contributed by atoms with van der Waals surface area (Å²) in [6, 6.07) is 5.07. The van der Waals surface area contributed by atoms with Crippen LogP contribution in [0.25, 0.3) is 0 Å². The van der Waals surface area contributed by atoms with E-state index in [1.54, 1.807) is 18.2 Å². The Morgan fingerprint density at radius 1 is 0.591 bits per heavy atom. The molecule has 0 unspecified atom stereocenters. The average molecular weight is 618 g/mol. The normalized spacial score (nSPS) is 10.8. The molecule has 8 heteroatoms. The molecule has 252 valence electrons. The van der Waals surface area contributed by atoms with Crippen molar-refractivity contribution < 1.29 is 23.9 Å². The summed E-state index contributed by atoms with van der Waals surface area (Å²) in [5, 5.41) is 2.78. The molecule has 0 aliphatic carbocycles. The van der Waals surface area contributed by atoms with E-state index in [-0.39, 0.29) is 30.9 Å². The van der Waals surface area contributed by atoms with Crippen LogP contribution in [0.3, 0.4) is 0 Å². The number of anilines is 1. The van der Waals surface area contributed by atoms with E-state index in [4.69, 9.17) is 9.47 Å². The molecule has 44 heavy (non-hydrogen) atoms. The van der Waals surface area contributed by atoms with Gasteiger partial charge in [0.1, 0.15) is 11.5 Å². The van der Waals surface area contributed by atoms with Gasteiger partial charge >= 0.3 is 0 Å². The molecule has 1 aromatic rings. The highest BCUT2D eigenvalue weighted by Gasteiger charge is 2.18. The minimum atomic E-state index is -0.236. The van der Waals surface area contributed by atoms with E-state index < -0.39 is 0 Å². The summed E-state index contributed by atoms with van der Waals surface area (Å²) >= 11 is 0. The number of amides is 3. The van der Waals surface area contributed by atoms with Crippen LogP contribution in [0.2, 0.25) is 0 Å². The molecule has 8 nitrogen and oxygen atoms in total. The van der Waals surface area contributed by atoms with Gasteiger partial charge in [-0.05, 0) is 37.8 Å². The zero-order valence-electron chi connectivity index (χ0n) is 28.7.